The molecule has 10 heavy (non-hydrogen) atoms. The van der Waals surface area contributed by atoms with E-state index in [-0.39, 0.29) is 11.6 Å². The lowest BCUT2D eigenvalue weighted by atomic mass is 9.87. The predicted octanol–water partition coefficient (Wildman–Crippen LogP) is 1.90. The van der Waals surface area contributed by atoms with Gasteiger partial charge in [0, 0.05) is 5.92 Å². The average Bonchev–Trinajstić information content (AvgIpc) is 1.88. The van der Waals surface area contributed by atoms with Gasteiger partial charge in [0.05, 0.1) is 5.68 Å². The highest BCUT2D eigenvalue weighted by Gasteiger charge is 2.04. The fraction of sp³-hybridized carbons (Fsp3) is 0.875. The van der Waals surface area contributed by atoms with Crippen LogP contribution in [0.1, 0.15) is 39.5 Å². The Morgan fingerprint density at radius 3 is 2.50 bits per heavy atom. The standard InChI is InChI=1S/C8H15BO/c1-3-4-5-6-7(2)8(9)10/h7H,3-6H2,1-2H3. The number of carbonyl (C=O) groups is 1. The van der Waals surface area contributed by atoms with Crippen molar-refractivity contribution in [3.05, 3.63) is 0 Å². The van der Waals surface area contributed by atoms with Crippen LogP contribution in [-0.4, -0.2) is 13.5 Å². The smallest absolute Gasteiger partial charge is 0.168 e. The van der Waals surface area contributed by atoms with Crippen LogP contribution in [0.15, 0.2) is 0 Å². The Morgan fingerprint density at radius 1 is 1.50 bits per heavy atom. The Balaban J connectivity index is 3.21. The van der Waals surface area contributed by atoms with E-state index in [1.165, 1.54) is 12.8 Å². The first kappa shape index (κ1) is 9.73. The van der Waals surface area contributed by atoms with Crippen molar-refractivity contribution in [2.75, 3.05) is 0 Å². The van der Waals surface area contributed by atoms with Crippen LogP contribution in [0.2, 0.25) is 0 Å². The van der Waals surface area contributed by atoms with Crippen LogP contribution in [0.25, 0.3) is 0 Å². The summed E-state index contributed by atoms with van der Waals surface area (Å²) in [5, 5.41) is 0. The zero-order valence-corrected chi connectivity index (χ0v) is 6.89. The van der Waals surface area contributed by atoms with Gasteiger partial charge in [0.25, 0.3) is 0 Å². The van der Waals surface area contributed by atoms with Crippen LogP contribution in [-0.2, 0) is 4.79 Å². The number of hydrogen-bond donors (Lipinski definition) is 0. The third kappa shape index (κ3) is 4.60. The summed E-state index contributed by atoms with van der Waals surface area (Å²) in [5.74, 6) is 0.0616. The van der Waals surface area contributed by atoms with Crippen LogP contribution >= 0.6 is 0 Å². The lowest BCUT2D eigenvalue weighted by molar-refractivity contribution is -0.114. The van der Waals surface area contributed by atoms with E-state index < -0.39 is 0 Å². The van der Waals surface area contributed by atoms with Gasteiger partial charge in [0.1, 0.15) is 0 Å². The van der Waals surface area contributed by atoms with Gasteiger partial charge in [-0.2, -0.15) is 0 Å². The van der Waals surface area contributed by atoms with E-state index in [1.807, 2.05) is 6.92 Å². The molecule has 1 nitrogen and oxygen atoms in total. The normalized spacial score (nSPS) is 13.0. The topological polar surface area (TPSA) is 17.1 Å². The quantitative estimate of drug-likeness (QED) is 0.418. The van der Waals surface area contributed by atoms with Crippen molar-refractivity contribution in [2.45, 2.75) is 39.5 Å². The van der Waals surface area contributed by atoms with Crippen LogP contribution in [0.4, 0.5) is 0 Å². The van der Waals surface area contributed by atoms with Gasteiger partial charge >= 0.3 is 0 Å². The minimum absolute atomic E-state index is 0.0616. The Kier molecular flexibility index (Phi) is 5.37. The summed E-state index contributed by atoms with van der Waals surface area (Å²) in [7, 11) is 5.08. The molecule has 2 radical (unpaired) electrons. The number of carbonyl (C=O) groups excluding carboxylic acids is 1. The fourth-order valence-electron chi connectivity index (χ4n) is 0.843. The molecule has 2 heteroatoms. The van der Waals surface area contributed by atoms with Gasteiger partial charge in [-0.1, -0.05) is 33.1 Å². The molecule has 0 saturated heterocycles. The van der Waals surface area contributed by atoms with E-state index in [4.69, 9.17) is 7.85 Å². The van der Waals surface area contributed by atoms with Crippen molar-refractivity contribution < 1.29 is 4.79 Å². The highest BCUT2D eigenvalue weighted by molar-refractivity contribution is 6.58. The van der Waals surface area contributed by atoms with Gasteiger partial charge in [-0.3, -0.25) is 0 Å². The molecule has 0 N–H and O–H groups in total. The summed E-state index contributed by atoms with van der Waals surface area (Å²) >= 11 is 0. The molecule has 0 aliphatic carbocycles. The van der Waals surface area contributed by atoms with Gasteiger partial charge in [-0.05, 0) is 6.42 Å². The minimum Gasteiger partial charge on any atom is -0.312 e. The zero-order chi connectivity index (χ0) is 7.98. The molecule has 0 aliphatic heterocycles. The lowest BCUT2D eigenvalue weighted by Crippen LogP contribution is -2.09. The maximum atomic E-state index is 10.5. The number of hydrogen-bond acceptors (Lipinski definition) is 1. The summed E-state index contributed by atoms with van der Waals surface area (Å²) < 4.78 is 0. The SMILES string of the molecule is [B]C(=O)C(C)CCCCC. The number of rotatable bonds is 5. The van der Waals surface area contributed by atoms with Crippen LogP contribution in [0.5, 0.6) is 0 Å². The van der Waals surface area contributed by atoms with Crippen molar-refractivity contribution >= 4 is 13.5 Å². The summed E-state index contributed by atoms with van der Waals surface area (Å²) in [6.45, 7) is 4.03. The first-order valence-electron chi connectivity index (χ1n) is 3.97. The molecule has 0 aliphatic rings. The van der Waals surface area contributed by atoms with Crippen molar-refractivity contribution in [1.29, 1.82) is 0 Å². The molecule has 0 aromatic carbocycles. The van der Waals surface area contributed by atoms with Gasteiger partial charge in [-0.15, -0.1) is 0 Å². The average molecular weight is 138 g/mol. The summed E-state index contributed by atoms with van der Waals surface area (Å²) in [6, 6.07) is 0. The summed E-state index contributed by atoms with van der Waals surface area (Å²) in [5.41, 5.74) is -0.170. The molecule has 0 bridgehead atoms. The van der Waals surface area contributed by atoms with E-state index in [1.54, 1.807) is 0 Å². The predicted molar refractivity (Wildman–Crippen MR) is 44.1 cm³/mol. The van der Waals surface area contributed by atoms with Crippen LogP contribution in [0.3, 0.4) is 0 Å². The molecular formula is C8H15BO. The maximum absolute atomic E-state index is 10.5. The molecule has 1 unspecified atom stereocenters. The lowest BCUT2D eigenvalue weighted by Gasteiger charge is -2.05. The van der Waals surface area contributed by atoms with Crippen molar-refractivity contribution in [2.24, 2.45) is 5.92 Å². The summed E-state index contributed by atoms with van der Waals surface area (Å²) in [4.78, 5) is 10.5. The van der Waals surface area contributed by atoms with Crippen LogP contribution < -0.4 is 0 Å². The minimum atomic E-state index is -0.170. The van der Waals surface area contributed by atoms with Gasteiger partial charge in [0.2, 0.25) is 0 Å². The van der Waals surface area contributed by atoms with Gasteiger partial charge < -0.3 is 4.79 Å². The van der Waals surface area contributed by atoms with Crippen molar-refractivity contribution in [3.8, 4) is 0 Å². The Morgan fingerprint density at radius 2 is 2.10 bits per heavy atom. The molecule has 1 atom stereocenters. The molecule has 0 aromatic heterocycles. The third-order valence-electron chi connectivity index (χ3n) is 1.73. The van der Waals surface area contributed by atoms with E-state index in [0.29, 0.717) is 0 Å². The van der Waals surface area contributed by atoms with Crippen LogP contribution in [0, 0.1) is 5.92 Å². The Labute approximate surface area is 64.6 Å². The number of unbranched alkanes of at least 4 members (excludes halogenated alkanes) is 2. The van der Waals surface area contributed by atoms with Crippen molar-refractivity contribution in [3.63, 3.8) is 0 Å². The molecule has 0 spiro atoms. The molecule has 0 aromatic rings. The largest absolute Gasteiger partial charge is 0.312 e. The fourth-order valence-corrected chi connectivity index (χ4v) is 0.843. The molecule has 0 amide bonds. The van der Waals surface area contributed by atoms with Gasteiger partial charge in [0.15, 0.2) is 7.85 Å². The molecule has 0 heterocycles. The molecular weight excluding hydrogens is 123 g/mol. The first-order chi connectivity index (χ1) is 4.68. The molecule has 0 saturated carbocycles. The van der Waals surface area contributed by atoms with E-state index in [0.717, 1.165) is 12.8 Å². The second-order valence-corrected chi connectivity index (χ2v) is 2.80. The molecule has 0 fully saturated rings. The van der Waals surface area contributed by atoms with E-state index in [2.05, 4.69) is 6.92 Å². The highest BCUT2D eigenvalue weighted by Crippen LogP contribution is 2.08. The Bertz CT molecular complexity index is 101. The van der Waals surface area contributed by atoms with Gasteiger partial charge in [-0.25, -0.2) is 0 Å². The second-order valence-electron chi connectivity index (χ2n) is 2.80. The van der Waals surface area contributed by atoms with Crippen molar-refractivity contribution in [1.82, 2.24) is 0 Å². The highest BCUT2D eigenvalue weighted by atomic mass is 16.1. The van der Waals surface area contributed by atoms with E-state index in [9.17, 15) is 4.79 Å². The molecule has 0 rings (SSSR count). The first-order valence-corrected chi connectivity index (χ1v) is 3.97. The molecule has 56 valence electrons. The second kappa shape index (κ2) is 5.51. The zero-order valence-electron chi connectivity index (χ0n) is 6.89. The monoisotopic (exact) mass is 138 g/mol. The maximum Gasteiger partial charge on any atom is 0.168 e. The third-order valence-corrected chi connectivity index (χ3v) is 1.73. The summed E-state index contributed by atoms with van der Waals surface area (Å²) in [6.07, 6.45) is 4.48. The van der Waals surface area contributed by atoms with E-state index >= 15 is 0 Å². The Hall–Kier alpha value is -0.265.